The van der Waals surface area contributed by atoms with Crippen molar-refractivity contribution in [3.63, 3.8) is 0 Å². The number of anilines is 1. The standard InChI is InChI=1S/C18H25N3O5/c1-2-24-18(23)21-8-6-20(7-9-21)13-17(22)19-14-4-5-15-16(12-14)26-11-3-10-25-15/h4-5,12H,2-3,6-11,13H2,1H3,(H,19,22). The van der Waals surface area contributed by atoms with Gasteiger partial charge in [-0.05, 0) is 19.1 Å². The molecule has 1 fully saturated rings. The molecule has 26 heavy (non-hydrogen) atoms. The van der Waals surface area contributed by atoms with E-state index in [4.69, 9.17) is 14.2 Å². The zero-order valence-corrected chi connectivity index (χ0v) is 15.0. The third kappa shape index (κ3) is 4.78. The maximum absolute atomic E-state index is 12.3. The van der Waals surface area contributed by atoms with Crippen LogP contribution in [0, 0.1) is 0 Å². The van der Waals surface area contributed by atoms with E-state index >= 15 is 0 Å². The Morgan fingerprint density at radius 3 is 2.58 bits per heavy atom. The highest BCUT2D eigenvalue weighted by Gasteiger charge is 2.23. The van der Waals surface area contributed by atoms with Gasteiger partial charge in [-0.2, -0.15) is 0 Å². The number of carbonyl (C=O) groups excluding carboxylic acids is 2. The zero-order chi connectivity index (χ0) is 18.4. The predicted molar refractivity (Wildman–Crippen MR) is 95.7 cm³/mol. The Labute approximate surface area is 153 Å². The molecule has 1 N–H and O–H groups in total. The Morgan fingerprint density at radius 1 is 1.12 bits per heavy atom. The van der Waals surface area contributed by atoms with Gasteiger partial charge in [-0.15, -0.1) is 0 Å². The molecule has 1 saturated heterocycles. The van der Waals surface area contributed by atoms with Gasteiger partial charge in [0.1, 0.15) is 0 Å². The lowest BCUT2D eigenvalue weighted by Gasteiger charge is -2.33. The van der Waals surface area contributed by atoms with Crippen LogP contribution in [0.5, 0.6) is 11.5 Å². The summed E-state index contributed by atoms with van der Waals surface area (Å²) in [5, 5.41) is 2.89. The fourth-order valence-corrected chi connectivity index (χ4v) is 2.95. The van der Waals surface area contributed by atoms with Crippen molar-refractivity contribution in [2.24, 2.45) is 0 Å². The van der Waals surface area contributed by atoms with Crippen LogP contribution >= 0.6 is 0 Å². The van der Waals surface area contributed by atoms with E-state index in [-0.39, 0.29) is 18.5 Å². The molecule has 142 valence electrons. The smallest absolute Gasteiger partial charge is 0.409 e. The van der Waals surface area contributed by atoms with Crippen LogP contribution in [0.15, 0.2) is 18.2 Å². The van der Waals surface area contributed by atoms with E-state index in [9.17, 15) is 9.59 Å². The van der Waals surface area contributed by atoms with Gasteiger partial charge in [0, 0.05) is 44.4 Å². The van der Waals surface area contributed by atoms with Crippen LogP contribution in [0.2, 0.25) is 0 Å². The first kappa shape index (κ1) is 18.3. The number of ether oxygens (including phenoxy) is 3. The molecular formula is C18H25N3O5. The average molecular weight is 363 g/mol. The van der Waals surface area contributed by atoms with Crippen LogP contribution in [-0.4, -0.2) is 74.3 Å². The number of amides is 2. The van der Waals surface area contributed by atoms with Gasteiger partial charge in [0.05, 0.1) is 26.4 Å². The molecule has 1 aromatic carbocycles. The first-order valence-corrected chi connectivity index (χ1v) is 8.99. The molecule has 3 rings (SSSR count). The van der Waals surface area contributed by atoms with Crippen LogP contribution in [0.3, 0.4) is 0 Å². The quantitative estimate of drug-likeness (QED) is 0.874. The topological polar surface area (TPSA) is 80.3 Å². The highest BCUT2D eigenvalue weighted by molar-refractivity contribution is 5.92. The molecular weight excluding hydrogens is 338 g/mol. The maximum atomic E-state index is 12.3. The van der Waals surface area contributed by atoms with Crippen molar-refractivity contribution >= 4 is 17.7 Å². The lowest BCUT2D eigenvalue weighted by Crippen LogP contribution is -2.50. The molecule has 2 heterocycles. The monoisotopic (exact) mass is 363 g/mol. The second kappa shape index (κ2) is 8.75. The van der Waals surface area contributed by atoms with Gasteiger partial charge in [-0.1, -0.05) is 0 Å². The van der Waals surface area contributed by atoms with Crippen molar-refractivity contribution < 1.29 is 23.8 Å². The Morgan fingerprint density at radius 2 is 1.85 bits per heavy atom. The Hall–Kier alpha value is -2.48. The fraction of sp³-hybridized carbons (Fsp3) is 0.556. The van der Waals surface area contributed by atoms with Crippen molar-refractivity contribution in [1.29, 1.82) is 0 Å². The molecule has 0 aliphatic carbocycles. The van der Waals surface area contributed by atoms with Gasteiger partial charge in [-0.25, -0.2) is 4.79 Å². The molecule has 1 aromatic rings. The highest BCUT2D eigenvalue weighted by Crippen LogP contribution is 2.32. The number of rotatable bonds is 4. The van der Waals surface area contributed by atoms with Crippen LogP contribution in [0.4, 0.5) is 10.5 Å². The molecule has 0 spiro atoms. The van der Waals surface area contributed by atoms with E-state index < -0.39 is 0 Å². The van der Waals surface area contributed by atoms with Gasteiger partial charge < -0.3 is 24.4 Å². The third-order valence-corrected chi connectivity index (χ3v) is 4.30. The molecule has 0 unspecified atom stereocenters. The molecule has 0 bridgehead atoms. The predicted octanol–water partition coefficient (Wildman–Crippen LogP) is 1.56. The van der Waals surface area contributed by atoms with Crippen LogP contribution < -0.4 is 14.8 Å². The zero-order valence-electron chi connectivity index (χ0n) is 15.0. The Bertz CT molecular complexity index is 644. The number of hydrogen-bond donors (Lipinski definition) is 1. The molecule has 2 aliphatic heterocycles. The van der Waals surface area contributed by atoms with Crippen molar-refractivity contribution in [1.82, 2.24) is 9.80 Å². The Balaban J connectivity index is 1.47. The van der Waals surface area contributed by atoms with E-state index in [0.29, 0.717) is 63.2 Å². The molecule has 0 aromatic heterocycles. The van der Waals surface area contributed by atoms with Crippen molar-refractivity contribution in [3.05, 3.63) is 18.2 Å². The van der Waals surface area contributed by atoms with E-state index in [1.807, 2.05) is 17.0 Å². The summed E-state index contributed by atoms with van der Waals surface area (Å²) < 4.78 is 16.2. The average Bonchev–Trinajstić information content (AvgIpc) is 2.87. The number of nitrogens with one attached hydrogen (secondary N) is 1. The van der Waals surface area contributed by atoms with Gasteiger partial charge in [-0.3, -0.25) is 9.69 Å². The molecule has 2 amide bonds. The molecule has 8 nitrogen and oxygen atoms in total. The first-order chi connectivity index (χ1) is 12.7. The summed E-state index contributed by atoms with van der Waals surface area (Å²) in [6, 6.07) is 5.41. The van der Waals surface area contributed by atoms with E-state index in [1.165, 1.54) is 0 Å². The highest BCUT2D eigenvalue weighted by atomic mass is 16.6. The minimum absolute atomic E-state index is 0.0934. The fourth-order valence-electron chi connectivity index (χ4n) is 2.95. The molecule has 0 atom stereocenters. The number of hydrogen-bond acceptors (Lipinski definition) is 6. The number of piperazine rings is 1. The Kier molecular flexibility index (Phi) is 6.17. The second-order valence-corrected chi connectivity index (χ2v) is 6.22. The first-order valence-electron chi connectivity index (χ1n) is 8.99. The summed E-state index contributed by atoms with van der Waals surface area (Å²) in [4.78, 5) is 27.7. The summed E-state index contributed by atoms with van der Waals surface area (Å²) in [5.74, 6) is 1.27. The summed E-state index contributed by atoms with van der Waals surface area (Å²) in [5.41, 5.74) is 0.685. The second-order valence-electron chi connectivity index (χ2n) is 6.22. The summed E-state index contributed by atoms with van der Waals surface area (Å²) >= 11 is 0. The summed E-state index contributed by atoms with van der Waals surface area (Å²) in [6.07, 6.45) is 0.553. The van der Waals surface area contributed by atoms with E-state index in [0.717, 1.165) is 6.42 Å². The van der Waals surface area contributed by atoms with Crippen molar-refractivity contribution in [2.45, 2.75) is 13.3 Å². The van der Waals surface area contributed by atoms with Gasteiger partial charge in [0.2, 0.25) is 5.91 Å². The van der Waals surface area contributed by atoms with Crippen LogP contribution in [-0.2, 0) is 9.53 Å². The lowest BCUT2D eigenvalue weighted by atomic mass is 10.2. The largest absolute Gasteiger partial charge is 0.490 e. The van der Waals surface area contributed by atoms with Gasteiger partial charge in [0.25, 0.3) is 0 Å². The molecule has 0 saturated carbocycles. The normalized spacial score (nSPS) is 17.3. The maximum Gasteiger partial charge on any atom is 0.409 e. The van der Waals surface area contributed by atoms with Crippen molar-refractivity contribution in [3.8, 4) is 11.5 Å². The molecule has 2 aliphatic rings. The van der Waals surface area contributed by atoms with Gasteiger partial charge in [0.15, 0.2) is 11.5 Å². The van der Waals surface area contributed by atoms with Crippen molar-refractivity contribution in [2.75, 3.05) is 57.9 Å². The third-order valence-electron chi connectivity index (χ3n) is 4.30. The number of carbonyl (C=O) groups is 2. The molecule has 0 radical (unpaired) electrons. The molecule has 8 heteroatoms. The van der Waals surface area contributed by atoms with Gasteiger partial charge >= 0.3 is 6.09 Å². The van der Waals surface area contributed by atoms with Crippen LogP contribution in [0.1, 0.15) is 13.3 Å². The lowest BCUT2D eigenvalue weighted by molar-refractivity contribution is -0.117. The SMILES string of the molecule is CCOC(=O)N1CCN(CC(=O)Nc2ccc3c(c2)OCCCO3)CC1. The van der Waals surface area contributed by atoms with E-state index in [2.05, 4.69) is 5.32 Å². The number of fused-ring (bicyclic) bond motifs is 1. The summed E-state index contributed by atoms with van der Waals surface area (Å²) in [6.45, 7) is 6.11. The number of benzene rings is 1. The summed E-state index contributed by atoms with van der Waals surface area (Å²) in [7, 11) is 0. The van der Waals surface area contributed by atoms with E-state index in [1.54, 1.807) is 17.9 Å². The van der Waals surface area contributed by atoms with Crippen LogP contribution in [0.25, 0.3) is 0 Å². The minimum atomic E-state index is -0.288. The number of nitrogens with zero attached hydrogens (tertiary/aromatic N) is 2. The minimum Gasteiger partial charge on any atom is -0.490 e.